The Morgan fingerprint density at radius 2 is 0.841 bits per heavy atom. The quantitative estimate of drug-likeness (QED) is 0.0195. The maximum absolute atomic E-state index is 13.5. The van der Waals surface area contributed by atoms with Crippen LogP contribution < -0.4 is 5.32 Å². The standard InChI is InChI=1S/C71H129NO10/c1-4-7-10-13-16-19-22-25-27-28-29-30-31-32-33-34-35-36-37-39-40-43-46-49-52-55-58-64(75)70(79)72-62(63(74)57-54-51-48-45-42-24-21-18-15-12-9-6-3)61-80-71-69(68(78)67(77)65(60-73)81-71)82-66(76)59-56-53-50-47-44-41-38-26-23-20-17-14-11-8-5-2/h16,19-20,23,25,27,29-30,54,57,62-65,67-69,71,73-75,77-78H,4-15,17-18,21-22,24,26,28,31-53,55-56,58-61H2,1-3H3,(H,72,79)/b19-16-,23-20-,27-25-,30-29-,57-54+. The summed E-state index contributed by atoms with van der Waals surface area (Å²) in [5, 5.41) is 57.1. The van der Waals surface area contributed by atoms with E-state index in [1.165, 1.54) is 186 Å². The molecule has 1 rings (SSSR count). The normalized spacial score (nSPS) is 19.0. The SMILES string of the molecule is CCCCC/C=C\C/C=C\C/C=C\CCCCCCCCCCCCCCCC(O)C(=O)NC(COC1OC(CO)C(O)C(O)C1OC(=O)CCCCCCCCC/C=C\CCCCCC)C(O)/C=C/CCCCCCCCCCCC. The fraction of sp³-hybridized carbons (Fsp3) is 0.831. The molecular weight excluding hydrogens is 1030 g/mol. The molecule has 6 N–H and O–H groups in total. The van der Waals surface area contributed by atoms with Gasteiger partial charge in [-0.15, -0.1) is 0 Å². The van der Waals surface area contributed by atoms with Crippen molar-refractivity contribution in [2.75, 3.05) is 13.2 Å². The van der Waals surface area contributed by atoms with Gasteiger partial charge in [0.25, 0.3) is 0 Å². The number of hydrogen-bond acceptors (Lipinski definition) is 10. The minimum atomic E-state index is -1.62. The number of unbranched alkanes of at least 4 members (excludes halogenated alkanes) is 37. The van der Waals surface area contributed by atoms with Crippen LogP contribution in [0.5, 0.6) is 0 Å². The molecule has 0 aromatic heterocycles. The summed E-state index contributed by atoms with van der Waals surface area (Å²) in [6.45, 7) is 5.77. The average Bonchev–Trinajstić information content (AvgIpc) is 3.68. The van der Waals surface area contributed by atoms with Gasteiger partial charge in [0.05, 0.1) is 25.4 Å². The van der Waals surface area contributed by atoms with E-state index >= 15 is 0 Å². The molecule has 0 aliphatic carbocycles. The number of nitrogens with one attached hydrogen (secondary N) is 1. The highest BCUT2D eigenvalue weighted by molar-refractivity contribution is 5.80. The first-order chi connectivity index (χ1) is 40.2. The van der Waals surface area contributed by atoms with Crippen LogP contribution in [0.3, 0.4) is 0 Å². The lowest BCUT2D eigenvalue weighted by Gasteiger charge is -2.41. The molecule has 0 aromatic carbocycles. The van der Waals surface area contributed by atoms with Gasteiger partial charge in [-0.3, -0.25) is 9.59 Å². The van der Waals surface area contributed by atoms with Crippen molar-refractivity contribution in [3.63, 3.8) is 0 Å². The zero-order chi connectivity index (χ0) is 59.6. The lowest BCUT2D eigenvalue weighted by atomic mass is 9.99. The van der Waals surface area contributed by atoms with Crippen molar-refractivity contribution in [1.29, 1.82) is 0 Å². The summed E-state index contributed by atoms with van der Waals surface area (Å²) < 4.78 is 17.7. The van der Waals surface area contributed by atoms with E-state index in [-0.39, 0.29) is 19.4 Å². The number of rotatable bonds is 59. The molecule has 8 unspecified atom stereocenters. The van der Waals surface area contributed by atoms with Crippen LogP contribution in [-0.2, 0) is 23.8 Å². The van der Waals surface area contributed by atoms with Crippen molar-refractivity contribution >= 4 is 11.9 Å². The molecule has 0 aromatic rings. The molecule has 1 fully saturated rings. The zero-order valence-electron chi connectivity index (χ0n) is 53.1. The second kappa shape index (κ2) is 58.7. The highest BCUT2D eigenvalue weighted by atomic mass is 16.7. The molecule has 1 heterocycles. The summed E-state index contributed by atoms with van der Waals surface area (Å²) >= 11 is 0. The van der Waals surface area contributed by atoms with Crippen LogP contribution in [0.2, 0.25) is 0 Å². The highest BCUT2D eigenvalue weighted by Gasteiger charge is 2.47. The van der Waals surface area contributed by atoms with Crippen molar-refractivity contribution in [3.8, 4) is 0 Å². The summed E-state index contributed by atoms with van der Waals surface area (Å²) in [7, 11) is 0. The molecular formula is C71H129NO10. The predicted octanol–water partition coefficient (Wildman–Crippen LogP) is 17.3. The number of carbonyl (C=O) groups excluding carboxylic acids is 2. The van der Waals surface area contributed by atoms with Crippen LogP contribution in [0.15, 0.2) is 60.8 Å². The molecule has 82 heavy (non-hydrogen) atoms. The Kier molecular flexibility index (Phi) is 55.4. The molecule has 478 valence electrons. The Hall–Kier alpha value is -2.64. The van der Waals surface area contributed by atoms with Crippen molar-refractivity contribution in [1.82, 2.24) is 5.32 Å². The number of allylic oxidation sites excluding steroid dienone is 9. The largest absolute Gasteiger partial charge is 0.454 e. The molecule has 0 spiro atoms. The van der Waals surface area contributed by atoms with Gasteiger partial charge in [0.2, 0.25) is 5.91 Å². The van der Waals surface area contributed by atoms with Gasteiger partial charge in [-0.2, -0.15) is 0 Å². The summed E-state index contributed by atoms with van der Waals surface area (Å²) in [5.74, 6) is -1.19. The second-order valence-corrected chi connectivity index (χ2v) is 23.9. The van der Waals surface area contributed by atoms with E-state index in [9.17, 15) is 35.1 Å². The van der Waals surface area contributed by atoms with Crippen LogP contribution >= 0.6 is 0 Å². The number of ether oxygens (including phenoxy) is 3. The molecule has 1 aliphatic heterocycles. The summed E-state index contributed by atoms with van der Waals surface area (Å²) in [5.41, 5.74) is 0. The fourth-order valence-electron chi connectivity index (χ4n) is 10.7. The van der Waals surface area contributed by atoms with Crippen molar-refractivity contribution in [2.24, 2.45) is 0 Å². The van der Waals surface area contributed by atoms with E-state index in [2.05, 4.69) is 74.7 Å². The van der Waals surface area contributed by atoms with Gasteiger partial charge in [0.1, 0.15) is 24.4 Å². The Balaban J connectivity index is 2.57. The minimum Gasteiger partial charge on any atom is -0.454 e. The lowest BCUT2D eigenvalue weighted by molar-refractivity contribution is -0.305. The Morgan fingerprint density at radius 1 is 0.476 bits per heavy atom. The van der Waals surface area contributed by atoms with Crippen LogP contribution in [0.25, 0.3) is 0 Å². The second-order valence-electron chi connectivity index (χ2n) is 23.9. The fourth-order valence-corrected chi connectivity index (χ4v) is 10.7. The van der Waals surface area contributed by atoms with Crippen LogP contribution in [0.1, 0.15) is 316 Å². The zero-order valence-corrected chi connectivity index (χ0v) is 53.1. The van der Waals surface area contributed by atoms with Gasteiger partial charge >= 0.3 is 5.97 Å². The number of aliphatic hydroxyl groups excluding tert-OH is 5. The van der Waals surface area contributed by atoms with Crippen LogP contribution in [-0.4, -0.2) is 99.6 Å². The van der Waals surface area contributed by atoms with E-state index in [0.29, 0.717) is 12.8 Å². The Labute approximate surface area is 503 Å². The van der Waals surface area contributed by atoms with Gasteiger partial charge in [-0.25, -0.2) is 0 Å². The molecule has 11 heteroatoms. The van der Waals surface area contributed by atoms with E-state index in [1.807, 2.05) is 6.08 Å². The van der Waals surface area contributed by atoms with Gasteiger partial charge in [-0.1, -0.05) is 281 Å². The molecule has 1 aliphatic rings. The topological polar surface area (TPSA) is 175 Å². The Morgan fingerprint density at radius 3 is 1.30 bits per heavy atom. The first-order valence-corrected chi connectivity index (χ1v) is 34.6. The number of carbonyl (C=O) groups is 2. The maximum atomic E-state index is 13.5. The van der Waals surface area contributed by atoms with E-state index in [4.69, 9.17) is 14.2 Å². The molecule has 8 atom stereocenters. The molecule has 0 saturated carbocycles. The van der Waals surface area contributed by atoms with Crippen molar-refractivity contribution in [3.05, 3.63) is 60.8 Å². The van der Waals surface area contributed by atoms with E-state index < -0.39 is 67.4 Å². The van der Waals surface area contributed by atoms with Gasteiger partial charge < -0.3 is 45.1 Å². The monoisotopic (exact) mass is 1160 g/mol. The Bertz CT molecular complexity index is 1560. The number of esters is 1. The molecule has 0 radical (unpaired) electrons. The molecule has 11 nitrogen and oxygen atoms in total. The maximum Gasteiger partial charge on any atom is 0.306 e. The summed E-state index contributed by atoms with van der Waals surface area (Å²) in [6.07, 6.45) is 64.0. The first kappa shape index (κ1) is 77.4. The molecule has 0 bridgehead atoms. The van der Waals surface area contributed by atoms with E-state index in [0.717, 1.165) is 83.5 Å². The molecule has 1 saturated heterocycles. The summed E-state index contributed by atoms with van der Waals surface area (Å²) in [6, 6.07) is -1.03. The van der Waals surface area contributed by atoms with Gasteiger partial charge in [0.15, 0.2) is 12.4 Å². The van der Waals surface area contributed by atoms with Crippen LogP contribution in [0.4, 0.5) is 0 Å². The summed E-state index contributed by atoms with van der Waals surface area (Å²) in [4.78, 5) is 26.6. The number of aliphatic hydroxyl groups is 5. The van der Waals surface area contributed by atoms with Gasteiger partial charge in [-0.05, 0) is 89.9 Å². The van der Waals surface area contributed by atoms with Gasteiger partial charge in [0, 0.05) is 6.42 Å². The third kappa shape index (κ3) is 45.7. The van der Waals surface area contributed by atoms with Crippen LogP contribution in [0, 0.1) is 0 Å². The average molecular weight is 1160 g/mol. The number of amides is 1. The number of hydrogen-bond donors (Lipinski definition) is 6. The third-order valence-electron chi connectivity index (χ3n) is 16.1. The van der Waals surface area contributed by atoms with Crippen molar-refractivity contribution < 1.29 is 49.3 Å². The first-order valence-electron chi connectivity index (χ1n) is 34.6. The van der Waals surface area contributed by atoms with Crippen molar-refractivity contribution in [2.45, 2.75) is 365 Å². The molecule has 1 amide bonds. The smallest absolute Gasteiger partial charge is 0.306 e. The third-order valence-corrected chi connectivity index (χ3v) is 16.1. The predicted molar refractivity (Wildman–Crippen MR) is 343 cm³/mol. The minimum absolute atomic E-state index is 0.119. The lowest BCUT2D eigenvalue weighted by Crippen LogP contribution is -2.61. The van der Waals surface area contributed by atoms with E-state index in [1.54, 1.807) is 6.08 Å². The highest BCUT2D eigenvalue weighted by Crippen LogP contribution is 2.26.